The standard InChI is InChI=1S/C33H29F2N5O4S.C4H6O5/c1-43-15-14-37-18-20-2-8-25(39-19-20)29-17-26-30(45-29)28(10-13-38-26)44-27-9-7-23(16-24(27)35)40(22-5-3-21(34)4-6-22)32(42)33(11-12-33)31(36)41;5-2(4(8)9)1-3(6)7/h2-10,13,16-17,19,37H,11-12,14-15,18H2,1H3,(H2,36,41);2,5H,1H2,(H,6,7)(H,8,9). The molecule has 2 amide bonds. The van der Waals surface area contributed by atoms with E-state index in [0.29, 0.717) is 29.1 Å². The van der Waals surface area contributed by atoms with Crippen LogP contribution in [0.5, 0.6) is 11.5 Å². The molecule has 3 aromatic heterocycles. The van der Waals surface area contributed by atoms with Gasteiger partial charge in [-0.3, -0.25) is 29.3 Å². The number of ether oxygens (including phenoxy) is 2. The maximum absolute atomic E-state index is 15.6. The highest BCUT2D eigenvalue weighted by atomic mass is 32.1. The number of thiophene rings is 1. The smallest absolute Gasteiger partial charge is 0.333 e. The highest BCUT2D eigenvalue weighted by Crippen LogP contribution is 2.49. The molecule has 1 aliphatic carbocycles. The Morgan fingerprint density at radius 2 is 1.70 bits per heavy atom. The van der Waals surface area contributed by atoms with Gasteiger partial charge in [0.25, 0.3) is 0 Å². The molecule has 0 saturated heterocycles. The first-order valence-corrected chi connectivity index (χ1v) is 17.2. The number of rotatable bonds is 15. The first-order chi connectivity index (χ1) is 25.8. The van der Waals surface area contributed by atoms with E-state index in [-0.39, 0.29) is 30.0 Å². The average Bonchev–Trinajstić information content (AvgIpc) is 3.85. The van der Waals surface area contributed by atoms with Crippen LogP contribution < -0.4 is 20.7 Å². The van der Waals surface area contributed by atoms with Crippen LogP contribution in [0.1, 0.15) is 24.8 Å². The van der Waals surface area contributed by atoms with Gasteiger partial charge in [-0.15, -0.1) is 11.3 Å². The summed E-state index contributed by atoms with van der Waals surface area (Å²) >= 11 is 1.42. The lowest BCUT2D eigenvalue weighted by Crippen LogP contribution is -2.41. The van der Waals surface area contributed by atoms with Crippen molar-refractivity contribution in [2.75, 3.05) is 25.2 Å². The van der Waals surface area contributed by atoms with Crippen LogP contribution in [0.3, 0.4) is 0 Å². The molecule has 0 radical (unpaired) electrons. The minimum atomic E-state index is -1.79. The number of aromatic nitrogens is 2. The number of hydrogen-bond donors (Lipinski definition) is 5. The number of hydrogen-bond acceptors (Lipinski definition) is 11. The minimum Gasteiger partial charge on any atom is -0.481 e. The number of aliphatic hydroxyl groups is 1. The third-order valence-corrected chi connectivity index (χ3v) is 9.39. The number of carboxylic acid groups (broad SMARTS) is 2. The van der Waals surface area contributed by atoms with Crippen molar-refractivity contribution in [1.29, 1.82) is 0 Å². The van der Waals surface area contributed by atoms with E-state index >= 15 is 4.39 Å². The maximum atomic E-state index is 15.6. The first-order valence-electron chi connectivity index (χ1n) is 16.4. The molecule has 14 nitrogen and oxygen atoms in total. The fourth-order valence-electron chi connectivity index (χ4n) is 5.16. The van der Waals surface area contributed by atoms with Gasteiger partial charge >= 0.3 is 11.9 Å². The molecule has 1 unspecified atom stereocenters. The van der Waals surface area contributed by atoms with Crippen LogP contribution in [-0.2, 0) is 30.5 Å². The number of carboxylic acids is 2. The summed E-state index contributed by atoms with van der Waals surface area (Å²) in [6.45, 7) is 2.05. The Labute approximate surface area is 310 Å². The minimum absolute atomic E-state index is 0.0767. The molecule has 0 spiro atoms. The molecular formula is C37H35F2N5O9S. The number of methoxy groups -OCH3 is 1. The highest BCUT2D eigenvalue weighted by molar-refractivity contribution is 7.22. The molecule has 5 aromatic rings. The Morgan fingerprint density at radius 1 is 0.981 bits per heavy atom. The van der Waals surface area contributed by atoms with Crippen LogP contribution in [0, 0.1) is 17.0 Å². The number of primary amides is 1. The van der Waals surface area contributed by atoms with E-state index in [0.717, 1.165) is 28.7 Å². The van der Waals surface area contributed by atoms with Gasteiger partial charge in [-0.1, -0.05) is 6.07 Å². The van der Waals surface area contributed by atoms with E-state index in [1.807, 2.05) is 24.4 Å². The normalized spacial score (nSPS) is 13.3. The number of nitrogens with two attached hydrogens (primary N) is 1. The summed E-state index contributed by atoms with van der Waals surface area (Å²) in [5.74, 6) is -5.11. The fourth-order valence-corrected chi connectivity index (χ4v) is 6.21. The maximum Gasteiger partial charge on any atom is 0.333 e. The summed E-state index contributed by atoms with van der Waals surface area (Å²) in [5.41, 5.74) is 7.08. The first kappa shape index (κ1) is 39.3. The Balaban J connectivity index is 0.000000554. The third kappa shape index (κ3) is 9.37. The molecule has 1 aliphatic rings. The van der Waals surface area contributed by atoms with Crippen molar-refractivity contribution >= 4 is 56.7 Å². The number of aliphatic carboxylic acids is 2. The molecule has 282 valence electrons. The quantitative estimate of drug-likeness (QED) is 0.0704. The summed E-state index contributed by atoms with van der Waals surface area (Å²) in [7, 11) is 1.66. The van der Waals surface area contributed by atoms with E-state index in [1.54, 1.807) is 19.4 Å². The van der Waals surface area contributed by atoms with Gasteiger partial charge < -0.3 is 35.8 Å². The predicted molar refractivity (Wildman–Crippen MR) is 193 cm³/mol. The molecular weight excluding hydrogens is 728 g/mol. The van der Waals surface area contributed by atoms with Crippen molar-refractivity contribution in [2.24, 2.45) is 11.1 Å². The lowest BCUT2D eigenvalue weighted by molar-refractivity contribution is -0.152. The summed E-state index contributed by atoms with van der Waals surface area (Å²) in [5, 5.41) is 27.4. The van der Waals surface area contributed by atoms with Gasteiger partial charge in [0.1, 0.15) is 17.0 Å². The SMILES string of the molecule is COCCNCc1ccc(-c2cc3nccc(Oc4ccc(N(C(=O)C5(C(N)=O)CC5)c5ccc(F)cc5)cc4F)c3s2)nc1.O=C(O)CC(O)C(=O)O. The van der Waals surface area contributed by atoms with Gasteiger partial charge in [0.05, 0.1) is 39.5 Å². The zero-order chi connectivity index (χ0) is 39.0. The van der Waals surface area contributed by atoms with E-state index in [2.05, 4.69) is 15.3 Å². The molecule has 54 heavy (non-hydrogen) atoms. The molecule has 17 heteroatoms. The van der Waals surface area contributed by atoms with Gasteiger partial charge in [-0.2, -0.15) is 0 Å². The molecule has 6 N–H and O–H groups in total. The van der Waals surface area contributed by atoms with Crippen LogP contribution >= 0.6 is 11.3 Å². The zero-order valence-corrected chi connectivity index (χ0v) is 29.5. The molecule has 0 bridgehead atoms. The van der Waals surface area contributed by atoms with Crippen molar-refractivity contribution in [3.05, 3.63) is 96.3 Å². The van der Waals surface area contributed by atoms with Crippen LogP contribution in [0.2, 0.25) is 0 Å². The number of carbonyl (C=O) groups is 4. The largest absolute Gasteiger partial charge is 0.481 e. The average molecular weight is 764 g/mol. The highest BCUT2D eigenvalue weighted by Gasteiger charge is 2.57. The number of anilines is 2. The number of halogens is 2. The van der Waals surface area contributed by atoms with Crippen LogP contribution in [-0.4, -0.2) is 75.4 Å². The number of pyridine rings is 2. The Bertz CT molecular complexity index is 2140. The third-order valence-electron chi connectivity index (χ3n) is 8.23. The topological polar surface area (TPSA) is 214 Å². The number of amides is 2. The number of carbonyl (C=O) groups excluding carboxylic acids is 2. The second-order valence-electron chi connectivity index (χ2n) is 12.1. The summed E-state index contributed by atoms with van der Waals surface area (Å²) < 4.78 is 41.1. The second-order valence-corrected chi connectivity index (χ2v) is 13.1. The molecule has 0 aliphatic heterocycles. The number of nitrogens with zero attached hydrogens (tertiary/aromatic N) is 3. The second kappa shape index (κ2) is 17.3. The Morgan fingerprint density at radius 3 is 2.28 bits per heavy atom. The van der Waals surface area contributed by atoms with Gasteiger partial charge in [0, 0.05) is 50.4 Å². The molecule has 6 rings (SSSR count). The van der Waals surface area contributed by atoms with E-state index in [4.69, 9.17) is 30.5 Å². The Hall–Kier alpha value is -5.88. The summed E-state index contributed by atoms with van der Waals surface area (Å²) in [6, 6.07) is 16.7. The van der Waals surface area contributed by atoms with Crippen LogP contribution in [0.15, 0.2) is 79.1 Å². The van der Waals surface area contributed by atoms with Gasteiger partial charge in [0.2, 0.25) is 11.8 Å². The summed E-state index contributed by atoms with van der Waals surface area (Å²) in [6.07, 6.45) is 1.42. The van der Waals surface area contributed by atoms with E-state index in [1.165, 1.54) is 52.6 Å². The van der Waals surface area contributed by atoms with Gasteiger partial charge in [-0.25, -0.2) is 13.6 Å². The number of fused-ring (bicyclic) bond motifs is 1. The Kier molecular flexibility index (Phi) is 12.6. The zero-order valence-electron chi connectivity index (χ0n) is 28.7. The van der Waals surface area contributed by atoms with Gasteiger partial charge in [-0.05, 0) is 66.9 Å². The molecule has 2 aromatic carbocycles. The van der Waals surface area contributed by atoms with E-state index < -0.39 is 53.3 Å². The van der Waals surface area contributed by atoms with Gasteiger partial charge in [0.15, 0.2) is 17.7 Å². The van der Waals surface area contributed by atoms with Crippen molar-refractivity contribution in [3.8, 4) is 22.1 Å². The van der Waals surface area contributed by atoms with Crippen molar-refractivity contribution in [1.82, 2.24) is 15.3 Å². The lowest BCUT2D eigenvalue weighted by atomic mass is 10.0. The molecule has 3 heterocycles. The van der Waals surface area contributed by atoms with E-state index in [9.17, 15) is 23.6 Å². The van der Waals surface area contributed by atoms with Crippen LogP contribution in [0.25, 0.3) is 20.8 Å². The monoisotopic (exact) mass is 763 g/mol. The van der Waals surface area contributed by atoms with Crippen molar-refractivity contribution < 1.29 is 52.8 Å². The molecule has 1 fully saturated rings. The number of nitrogens with one attached hydrogen (secondary N) is 1. The van der Waals surface area contributed by atoms with Crippen LogP contribution in [0.4, 0.5) is 20.2 Å². The van der Waals surface area contributed by atoms with Crippen molar-refractivity contribution in [3.63, 3.8) is 0 Å². The number of aliphatic hydroxyl groups excluding tert-OH is 1. The number of benzene rings is 2. The van der Waals surface area contributed by atoms with Crippen molar-refractivity contribution in [2.45, 2.75) is 31.9 Å². The fraction of sp³-hybridized carbons (Fsp3) is 0.243. The lowest BCUT2D eigenvalue weighted by Gasteiger charge is -2.26. The molecule has 1 saturated carbocycles. The molecule has 1 atom stereocenters. The summed E-state index contributed by atoms with van der Waals surface area (Å²) in [4.78, 5) is 56.2. The predicted octanol–water partition coefficient (Wildman–Crippen LogP) is 5.00.